The molecule has 0 heterocycles. The van der Waals surface area contributed by atoms with Gasteiger partial charge in [0, 0.05) is 0 Å². The van der Waals surface area contributed by atoms with Gasteiger partial charge in [-0.1, -0.05) is 24.8 Å². The second-order valence-corrected chi connectivity index (χ2v) is 4.21. The molecule has 0 spiro atoms. The predicted molar refractivity (Wildman–Crippen MR) is 55.5 cm³/mol. The molecular formula is C9H10N2O2S. The van der Waals surface area contributed by atoms with Crippen LogP contribution in [0.3, 0.4) is 0 Å². The standard InChI is InChI=1S/C9H10N2O2S/c1-8(10-2)11-14(12,13)9-6-4-3-5-7-9/h3-7,11H,1-2H2. The molecule has 0 bridgehead atoms. The van der Waals surface area contributed by atoms with Crippen LogP contribution in [0.1, 0.15) is 0 Å². The third-order valence-electron chi connectivity index (χ3n) is 1.50. The summed E-state index contributed by atoms with van der Waals surface area (Å²) in [6.07, 6.45) is 0. The lowest BCUT2D eigenvalue weighted by molar-refractivity contribution is 0.588. The first-order valence-electron chi connectivity index (χ1n) is 3.80. The van der Waals surface area contributed by atoms with Gasteiger partial charge < -0.3 is 0 Å². The number of nitrogens with one attached hydrogen (secondary N) is 1. The Balaban J connectivity index is 2.98. The van der Waals surface area contributed by atoms with E-state index in [9.17, 15) is 8.42 Å². The average molecular weight is 210 g/mol. The molecule has 0 aliphatic rings. The zero-order chi connectivity index (χ0) is 10.6. The highest BCUT2D eigenvalue weighted by Gasteiger charge is 2.12. The summed E-state index contributed by atoms with van der Waals surface area (Å²) in [6, 6.07) is 7.98. The minimum atomic E-state index is -3.55. The van der Waals surface area contributed by atoms with Gasteiger partial charge in [0.05, 0.1) is 4.90 Å². The van der Waals surface area contributed by atoms with Crippen molar-refractivity contribution >= 4 is 16.7 Å². The zero-order valence-corrected chi connectivity index (χ0v) is 8.29. The molecule has 0 fully saturated rings. The van der Waals surface area contributed by atoms with Gasteiger partial charge in [-0.3, -0.25) is 4.72 Å². The Morgan fingerprint density at radius 2 is 1.86 bits per heavy atom. The molecule has 0 aromatic heterocycles. The van der Waals surface area contributed by atoms with Crippen molar-refractivity contribution in [1.82, 2.24) is 4.72 Å². The van der Waals surface area contributed by atoms with Crippen molar-refractivity contribution in [3.05, 3.63) is 42.7 Å². The fourth-order valence-electron chi connectivity index (χ4n) is 0.846. The number of nitrogens with zero attached hydrogens (tertiary/aromatic N) is 1. The second kappa shape index (κ2) is 4.06. The Hall–Kier alpha value is -1.62. The highest BCUT2D eigenvalue weighted by atomic mass is 32.2. The van der Waals surface area contributed by atoms with Crippen molar-refractivity contribution in [3.63, 3.8) is 0 Å². The van der Waals surface area contributed by atoms with Gasteiger partial charge in [0.25, 0.3) is 10.0 Å². The predicted octanol–water partition coefficient (Wildman–Crippen LogP) is 1.14. The van der Waals surface area contributed by atoms with Crippen LogP contribution in [0.15, 0.2) is 52.6 Å². The summed E-state index contributed by atoms with van der Waals surface area (Å²) in [5, 5.41) is 0. The number of benzene rings is 1. The second-order valence-electron chi connectivity index (χ2n) is 2.52. The highest BCUT2D eigenvalue weighted by Crippen LogP contribution is 2.08. The maximum atomic E-state index is 11.5. The molecule has 0 atom stereocenters. The fraction of sp³-hybridized carbons (Fsp3) is 0. The van der Waals surface area contributed by atoms with Gasteiger partial charge in [0.1, 0.15) is 5.82 Å². The van der Waals surface area contributed by atoms with Crippen LogP contribution in [0.5, 0.6) is 0 Å². The average Bonchev–Trinajstić information content (AvgIpc) is 2.18. The van der Waals surface area contributed by atoms with E-state index in [4.69, 9.17) is 0 Å². The van der Waals surface area contributed by atoms with Crippen molar-refractivity contribution in [3.8, 4) is 0 Å². The number of hydrogen-bond acceptors (Lipinski definition) is 3. The van der Waals surface area contributed by atoms with Gasteiger partial charge in [0.2, 0.25) is 0 Å². The molecule has 0 radical (unpaired) electrons. The number of sulfonamides is 1. The third kappa shape index (κ3) is 2.43. The SMILES string of the molecule is C=NC(=C)NS(=O)(=O)c1ccccc1. The van der Waals surface area contributed by atoms with Crippen LogP contribution < -0.4 is 4.72 Å². The molecule has 0 unspecified atom stereocenters. The smallest absolute Gasteiger partial charge is 0.263 e. The Kier molecular flexibility index (Phi) is 3.03. The van der Waals surface area contributed by atoms with Crippen molar-refractivity contribution < 1.29 is 8.42 Å². The van der Waals surface area contributed by atoms with Crippen LogP contribution in [0, 0.1) is 0 Å². The van der Waals surface area contributed by atoms with Crippen LogP contribution in [-0.2, 0) is 10.0 Å². The van der Waals surface area contributed by atoms with Gasteiger partial charge in [0.15, 0.2) is 0 Å². The normalized spacial score (nSPS) is 10.6. The minimum absolute atomic E-state index is 0.00820. The summed E-state index contributed by atoms with van der Waals surface area (Å²) in [5.41, 5.74) is 0. The largest absolute Gasteiger partial charge is 0.264 e. The lowest BCUT2D eigenvalue weighted by atomic mass is 10.4. The minimum Gasteiger partial charge on any atom is -0.264 e. The third-order valence-corrected chi connectivity index (χ3v) is 2.89. The fourth-order valence-corrected chi connectivity index (χ4v) is 1.85. The summed E-state index contributed by atoms with van der Waals surface area (Å²) in [4.78, 5) is 3.54. The van der Waals surface area contributed by atoms with E-state index in [-0.39, 0.29) is 10.7 Å². The van der Waals surface area contributed by atoms with Crippen LogP contribution in [0.25, 0.3) is 0 Å². The molecule has 0 aliphatic heterocycles. The molecule has 74 valence electrons. The van der Waals surface area contributed by atoms with Gasteiger partial charge >= 0.3 is 0 Å². The summed E-state index contributed by atoms with van der Waals surface area (Å²) < 4.78 is 25.3. The molecular weight excluding hydrogens is 200 g/mol. The zero-order valence-electron chi connectivity index (χ0n) is 7.47. The summed E-state index contributed by atoms with van der Waals surface area (Å²) in [6.45, 7) is 6.53. The summed E-state index contributed by atoms with van der Waals surface area (Å²) >= 11 is 0. The van der Waals surface area contributed by atoms with Crippen LogP contribution >= 0.6 is 0 Å². The number of hydrogen-bond donors (Lipinski definition) is 1. The van der Waals surface area contributed by atoms with Gasteiger partial charge in [-0.25, -0.2) is 13.4 Å². The molecule has 1 rings (SSSR count). The maximum absolute atomic E-state index is 11.5. The first-order chi connectivity index (χ1) is 6.56. The Morgan fingerprint density at radius 1 is 1.29 bits per heavy atom. The lowest BCUT2D eigenvalue weighted by Crippen LogP contribution is -2.21. The van der Waals surface area contributed by atoms with Gasteiger partial charge in [-0.15, -0.1) is 0 Å². The first-order valence-corrected chi connectivity index (χ1v) is 5.28. The van der Waals surface area contributed by atoms with E-state index in [0.717, 1.165) is 0 Å². The molecule has 0 amide bonds. The quantitative estimate of drug-likeness (QED) is 0.757. The lowest BCUT2D eigenvalue weighted by Gasteiger charge is -2.05. The molecule has 1 N–H and O–H groups in total. The topological polar surface area (TPSA) is 58.5 Å². The molecule has 0 saturated heterocycles. The van der Waals surface area contributed by atoms with E-state index in [2.05, 4.69) is 23.0 Å². The first kappa shape index (κ1) is 10.5. The Bertz CT molecular complexity index is 437. The Morgan fingerprint density at radius 3 is 2.36 bits per heavy atom. The van der Waals surface area contributed by atoms with E-state index in [1.165, 1.54) is 12.1 Å². The van der Waals surface area contributed by atoms with Crippen LogP contribution in [0.4, 0.5) is 0 Å². The van der Waals surface area contributed by atoms with E-state index < -0.39 is 10.0 Å². The van der Waals surface area contributed by atoms with Crippen LogP contribution in [0.2, 0.25) is 0 Å². The van der Waals surface area contributed by atoms with Gasteiger partial charge in [-0.2, -0.15) is 0 Å². The molecule has 14 heavy (non-hydrogen) atoms. The van der Waals surface area contributed by atoms with Crippen LogP contribution in [-0.4, -0.2) is 15.1 Å². The molecule has 4 nitrogen and oxygen atoms in total. The van der Waals surface area contributed by atoms with Crippen molar-refractivity contribution in [2.75, 3.05) is 0 Å². The van der Waals surface area contributed by atoms with Gasteiger partial charge in [-0.05, 0) is 18.9 Å². The molecule has 1 aromatic rings. The van der Waals surface area contributed by atoms with E-state index in [1.54, 1.807) is 18.2 Å². The molecule has 5 heteroatoms. The molecule has 0 saturated carbocycles. The van der Waals surface area contributed by atoms with Crippen molar-refractivity contribution in [2.45, 2.75) is 4.90 Å². The number of aliphatic imine (C=N–C) groups is 1. The van der Waals surface area contributed by atoms with E-state index in [1.807, 2.05) is 0 Å². The maximum Gasteiger partial charge on any atom is 0.263 e. The van der Waals surface area contributed by atoms with Crippen molar-refractivity contribution in [1.29, 1.82) is 0 Å². The summed E-state index contributed by atoms with van der Waals surface area (Å²) in [5.74, 6) is 0.00820. The van der Waals surface area contributed by atoms with Crippen molar-refractivity contribution in [2.24, 2.45) is 4.99 Å². The number of rotatable bonds is 4. The van der Waals surface area contributed by atoms with E-state index in [0.29, 0.717) is 0 Å². The highest BCUT2D eigenvalue weighted by molar-refractivity contribution is 7.89. The monoisotopic (exact) mass is 210 g/mol. The van der Waals surface area contributed by atoms with E-state index >= 15 is 0 Å². The summed E-state index contributed by atoms with van der Waals surface area (Å²) in [7, 11) is -3.55. The molecule has 1 aromatic carbocycles. The Labute approximate surface area is 83.0 Å². The molecule has 0 aliphatic carbocycles.